The molecule has 0 radical (unpaired) electrons. The zero-order valence-electron chi connectivity index (χ0n) is 44.4. The van der Waals surface area contributed by atoms with Gasteiger partial charge in [0.15, 0.2) is 12.6 Å². The summed E-state index contributed by atoms with van der Waals surface area (Å²) in [5.74, 6) is -0.379. The lowest BCUT2D eigenvalue weighted by molar-refractivity contribution is -0.286. The molecule has 438 valence electrons. The standard InChI is InChI=1S/C48H72N6O24/c1-25-15-27(19-55)33(56)28(16-25)20-71-43(65)51(5)13-14-54(8)48(70)78-40-29(21-72-44(66)49(3)9-11-52(6)46(68)74-23-31-34(57)36(59)38(61)41(63)76-31)17-26(2)18-30(40)22-73-45(67)50(4)10-12-53(7)47(69)75-24-32-35(58)37(60)39(62)42(64)77-32/h15-18,31-32,34-39,41-42,55-64H,9-14,19-24H2,1-8H3/t31?,32?,34-,35-,36+,37+,38?,39?,41-,42-/m1/s1. The van der Waals surface area contributed by atoms with Gasteiger partial charge in [0.1, 0.15) is 93.4 Å². The molecule has 2 aliphatic rings. The number of carbonyl (C=O) groups excluding carboxylic acids is 6. The van der Waals surface area contributed by atoms with Crippen molar-refractivity contribution < 1.29 is 118 Å². The number of nitrogens with zero attached hydrogens (tertiary/aromatic N) is 6. The van der Waals surface area contributed by atoms with E-state index >= 15 is 0 Å². The van der Waals surface area contributed by atoms with Crippen LogP contribution in [0.1, 0.15) is 33.4 Å². The Morgan fingerprint density at radius 1 is 0.436 bits per heavy atom. The molecule has 4 unspecified atom stereocenters. The highest BCUT2D eigenvalue weighted by Crippen LogP contribution is 2.30. The fourth-order valence-electron chi connectivity index (χ4n) is 7.47. The summed E-state index contributed by atoms with van der Waals surface area (Å²) in [6.07, 6.45) is -22.2. The molecule has 2 aromatic rings. The summed E-state index contributed by atoms with van der Waals surface area (Å²) >= 11 is 0. The lowest BCUT2D eigenvalue weighted by atomic mass is 9.99. The predicted molar refractivity (Wildman–Crippen MR) is 263 cm³/mol. The van der Waals surface area contributed by atoms with E-state index in [-0.39, 0.29) is 79.6 Å². The Labute approximate surface area is 448 Å². The zero-order valence-corrected chi connectivity index (χ0v) is 44.4. The van der Waals surface area contributed by atoms with Gasteiger partial charge in [-0.2, -0.15) is 0 Å². The number of aromatic hydroxyl groups is 1. The first-order chi connectivity index (χ1) is 36.6. The molecule has 0 saturated carbocycles. The van der Waals surface area contributed by atoms with Crippen LogP contribution in [-0.2, 0) is 59.6 Å². The fraction of sp³-hybridized carbons (Fsp3) is 0.625. The second kappa shape index (κ2) is 29.4. The van der Waals surface area contributed by atoms with Crippen molar-refractivity contribution >= 4 is 36.6 Å². The maximum Gasteiger partial charge on any atom is 0.415 e. The van der Waals surface area contributed by atoms with Crippen LogP contribution in [0.5, 0.6) is 11.5 Å². The average molecular weight is 1120 g/mol. The van der Waals surface area contributed by atoms with Crippen LogP contribution < -0.4 is 4.74 Å². The van der Waals surface area contributed by atoms with Gasteiger partial charge in [-0.05, 0) is 32.0 Å². The van der Waals surface area contributed by atoms with Crippen LogP contribution >= 0.6 is 0 Å². The van der Waals surface area contributed by atoms with Crippen LogP contribution in [-0.4, -0.2) is 273 Å². The molecule has 2 fully saturated rings. The molecule has 2 aromatic carbocycles. The van der Waals surface area contributed by atoms with Gasteiger partial charge in [0.05, 0.1) is 6.61 Å². The summed E-state index contributed by atoms with van der Waals surface area (Å²) in [6, 6.07) is 6.28. The van der Waals surface area contributed by atoms with Crippen LogP contribution in [0.25, 0.3) is 0 Å². The Balaban J connectivity index is 1.40. The van der Waals surface area contributed by atoms with Crippen LogP contribution in [0.2, 0.25) is 0 Å². The molecule has 78 heavy (non-hydrogen) atoms. The molecule has 6 amide bonds. The van der Waals surface area contributed by atoms with E-state index in [4.69, 9.17) is 37.9 Å². The highest BCUT2D eigenvalue weighted by molar-refractivity contribution is 5.73. The van der Waals surface area contributed by atoms with Crippen molar-refractivity contribution in [1.82, 2.24) is 29.4 Å². The molecule has 10 atom stereocenters. The van der Waals surface area contributed by atoms with Gasteiger partial charge >= 0.3 is 36.6 Å². The maximum absolute atomic E-state index is 13.7. The van der Waals surface area contributed by atoms with E-state index in [1.165, 1.54) is 47.2 Å². The third-order valence-electron chi connectivity index (χ3n) is 12.5. The summed E-state index contributed by atoms with van der Waals surface area (Å²) < 4.78 is 42.6. The first-order valence-corrected chi connectivity index (χ1v) is 24.3. The number of hydrogen-bond donors (Lipinski definition) is 10. The summed E-state index contributed by atoms with van der Waals surface area (Å²) in [5, 5.41) is 99.0. The molecule has 30 nitrogen and oxygen atoms in total. The van der Waals surface area contributed by atoms with Gasteiger partial charge in [-0.3, -0.25) is 0 Å². The number of rotatable bonds is 21. The molecular weight excluding hydrogens is 1040 g/mol. The van der Waals surface area contributed by atoms with Crippen molar-refractivity contribution in [1.29, 1.82) is 0 Å². The highest BCUT2D eigenvalue weighted by atomic mass is 16.7. The fourth-order valence-corrected chi connectivity index (χ4v) is 7.47. The lowest BCUT2D eigenvalue weighted by Crippen LogP contribution is -2.58. The van der Waals surface area contributed by atoms with Crippen LogP contribution in [0, 0.1) is 13.8 Å². The normalized spacial score (nSPS) is 22.8. The van der Waals surface area contributed by atoms with E-state index in [0.717, 1.165) is 30.1 Å². The van der Waals surface area contributed by atoms with Crippen molar-refractivity contribution in [3.8, 4) is 11.5 Å². The van der Waals surface area contributed by atoms with Gasteiger partial charge in [-0.15, -0.1) is 0 Å². The Morgan fingerprint density at radius 2 is 0.731 bits per heavy atom. The smallest absolute Gasteiger partial charge is 0.415 e. The minimum atomic E-state index is -1.84. The maximum atomic E-state index is 13.7. The first-order valence-electron chi connectivity index (χ1n) is 24.3. The SMILES string of the molecule is Cc1cc(CO)c(O)c(COC(=O)N(C)CCN(C)C(=O)Oc2c(COC(=O)N(C)CCN(C)C(=O)OCC3O[C@@H](O)C(O)[C@@H](O)[C@@H]3O)cc(C)cc2COC(=O)N(C)CCN(C)C(=O)OCC2O[C@@H](O)C(O)[C@@H](O)[C@@H]2O)c1. The molecule has 2 heterocycles. The predicted octanol–water partition coefficient (Wildman–Crippen LogP) is -1.93. The van der Waals surface area contributed by atoms with Crippen LogP contribution in [0.3, 0.4) is 0 Å². The summed E-state index contributed by atoms with van der Waals surface area (Å²) in [7, 11) is 8.20. The van der Waals surface area contributed by atoms with Gasteiger partial charge in [0, 0.05) is 104 Å². The van der Waals surface area contributed by atoms with Gasteiger partial charge < -0.3 is 118 Å². The average Bonchev–Trinajstić information content (AvgIpc) is 3.41. The minimum Gasteiger partial charge on any atom is -0.507 e. The molecule has 30 heteroatoms. The number of amides is 6. The molecule has 0 bridgehead atoms. The molecule has 10 N–H and O–H groups in total. The molecule has 0 aliphatic carbocycles. The van der Waals surface area contributed by atoms with Gasteiger partial charge in [0.2, 0.25) is 0 Å². The molecular formula is C48H72N6O24. The van der Waals surface area contributed by atoms with E-state index in [1.54, 1.807) is 38.1 Å². The van der Waals surface area contributed by atoms with Gasteiger partial charge in [-0.1, -0.05) is 17.2 Å². The van der Waals surface area contributed by atoms with Crippen LogP contribution in [0.15, 0.2) is 24.3 Å². The van der Waals surface area contributed by atoms with Crippen molar-refractivity contribution in [3.05, 3.63) is 57.6 Å². The monoisotopic (exact) mass is 1120 g/mol. The van der Waals surface area contributed by atoms with Gasteiger partial charge in [-0.25, -0.2) is 28.8 Å². The molecule has 2 aliphatic heterocycles. The summed E-state index contributed by atoms with van der Waals surface area (Å²) in [6.45, 7) is -0.136. The minimum absolute atomic E-state index is 0.0673. The third-order valence-corrected chi connectivity index (χ3v) is 12.5. The number of aliphatic hydroxyl groups is 9. The number of ether oxygens (including phenoxy) is 8. The van der Waals surface area contributed by atoms with Crippen molar-refractivity contribution in [2.24, 2.45) is 0 Å². The Morgan fingerprint density at radius 3 is 1.08 bits per heavy atom. The number of aliphatic hydroxyl groups excluding tert-OH is 9. The number of aryl methyl sites for hydroxylation is 2. The topological polar surface area (TPSA) is 398 Å². The largest absolute Gasteiger partial charge is 0.507 e. The molecule has 4 rings (SSSR count). The van der Waals surface area contributed by atoms with Crippen molar-refractivity contribution in [3.63, 3.8) is 0 Å². The molecule has 2 saturated heterocycles. The third kappa shape index (κ3) is 17.7. The van der Waals surface area contributed by atoms with E-state index in [1.807, 2.05) is 0 Å². The molecule has 0 aromatic heterocycles. The number of carbonyl (C=O) groups is 6. The highest BCUT2D eigenvalue weighted by Gasteiger charge is 2.45. The Hall–Kier alpha value is -6.58. The Bertz CT molecular complexity index is 2260. The second-order valence-corrected chi connectivity index (χ2v) is 18.8. The Kier molecular flexibility index (Phi) is 24.1. The number of hydrogen-bond acceptors (Lipinski definition) is 24. The number of likely N-dealkylation sites (N-methyl/N-ethyl adjacent to an activating group) is 6. The molecule has 0 spiro atoms. The summed E-state index contributed by atoms with van der Waals surface area (Å²) in [4.78, 5) is 85.2. The van der Waals surface area contributed by atoms with Crippen LogP contribution in [0.4, 0.5) is 28.8 Å². The second-order valence-electron chi connectivity index (χ2n) is 18.8. The van der Waals surface area contributed by atoms with E-state index in [9.17, 15) is 79.8 Å². The van der Waals surface area contributed by atoms with Gasteiger partial charge in [0.25, 0.3) is 0 Å². The zero-order chi connectivity index (χ0) is 58.3. The van der Waals surface area contributed by atoms with E-state index in [0.29, 0.717) is 5.56 Å². The quantitative estimate of drug-likeness (QED) is 0.0609. The lowest BCUT2D eigenvalue weighted by Gasteiger charge is -2.38. The van der Waals surface area contributed by atoms with E-state index < -0.39 is 131 Å². The van der Waals surface area contributed by atoms with E-state index in [2.05, 4.69) is 0 Å². The van der Waals surface area contributed by atoms with Crippen molar-refractivity contribution in [2.75, 3.05) is 94.8 Å². The summed E-state index contributed by atoms with van der Waals surface area (Å²) in [5.41, 5.74) is 2.08. The first kappa shape index (κ1) is 63.9. The number of phenols is 1. The number of benzene rings is 2. The van der Waals surface area contributed by atoms with Crippen molar-refractivity contribution in [2.45, 2.75) is 102 Å².